The molecule has 1 fully saturated rings. The van der Waals surface area contributed by atoms with Crippen LogP contribution in [0.2, 0.25) is 0 Å². The van der Waals surface area contributed by atoms with Crippen molar-refractivity contribution in [3.63, 3.8) is 0 Å². The predicted molar refractivity (Wildman–Crippen MR) is 99.8 cm³/mol. The van der Waals surface area contributed by atoms with Crippen molar-refractivity contribution in [3.05, 3.63) is 0 Å². The topological polar surface area (TPSA) is 208 Å². The van der Waals surface area contributed by atoms with Crippen LogP contribution in [0.3, 0.4) is 0 Å². The molecule has 0 radical (unpaired) electrons. The van der Waals surface area contributed by atoms with Gasteiger partial charge in [-0.2, -0.15) is 0 Å². The van der Waals surface area contributed by atoms with E-state index in [0.717, 1.165) is 45.6 Å². The first kappa shape index (κ1) is 32.3. The second kappa shape index (κ2) is 16.4. The molecule has 0 aromatic heterocycles. The van der Waals surface area contributed by atoms with Crippen molar-refractivity contribution in [1.29, 1.82) is 0 Å². The number of hydrogen-bond acceptors (Lipinski definition) is 6. The number of aliphatic carboxylic acids is 2. The van der Waals surface area contributed by atoms with E-state index >= 15 is 0 Å². The fourth-order valence-corrected chi connectivity index (χ4v) is 2.56. The van der Waals surface area contributed by atoms with E-state index in [-0.39, 0.29) is 27.0 Å². The van der Waals surface area contributed by atoms with Crippen LogP contribution in [0.4, 0.5) is 0 Å². The number of carboxylic acids is 2. The normalized spacial score (nSPS) is 15.2. The number of phosphoric acid groups is 1. The number of nitrogens with zero attached hydrogens (tertiary/aromatic N) is 1. The van der Waals surface area contributed by atoms with Gasteiger partial charge in [-0.3, -0.25) is 9.59 Å². The molecule has 9 N–H and O–H groups in total. The van der Waals surface area contributed by atoms with Gasteiger partial charge in [-0.25, -0.2) is 4.57 Å². The average molecular weight is 611 g/mol. The summed E-state index contributed by atoms with van der Waals surface area (Å²) >= 11 is 0. The van der Waals surface area contributed by atoms with Crippen molar-refractivity contribution in [1.82, 2.24) is 4.90 Å². The first-order chi connectivity index (χ1) is 12.3. The second-order valence-corrected chi connectivity index (χ2v) is 7.35. The Morgan fingerprint density at radius 2 is 1.36 bits per heavy atom. The van der Waals surface area contributed by atoms with Crippen LogP contribution >= 0.6 is 7.82 Å². The zero-order chi connectivity index (χ0) is 21.7. The first-order valence-electron chi connectivity index (χ1n) is 8.72. The molecule has 0 bridgehead atoms. The van der Waals surface area contributed by atoms with Crippen molar-refractivity contribution < 1.29 is 60.1 Å². The Hall–Kier alpha value is -0.382. The molecule has 0 aliphatic carbocycles. The molecule has 11 nitrogen and oxygen atoms in total. The molecule has 0 amide bonds. The summed E-state index contributed by atoms with van der Waals surface area (Å²) in [7, 11) is -4.64. The Labute approximate surface area is 180 Å². The molecular formula is C15H34N3O8PPt+2. The summed E-state index contributed by atoms with van der Waals surface area (Å²) in [5, 5.41) is 18.2. The quantitative estimate of drug-likeness (QED) is 0.113. The fourth-order valence-electron chi connectivity index (χ4n) is 2.56. The van der Waals surface area contributed by atoms with Crippen LogP contribution in [0, 0.1) is 11.3 Å². The van der Waals surface area contributed by atoms with Gasteiger partial charge >= 0.3 is 40.8 Å². The molecule has 1 rings (SSSR count). The molecule has 170 valence electrons. The number of piperidine rings is 1. The van der Waals surface area contributed by atoms with Crippen molar-refractivity contribution in [3.8, 4) is 0 Å². The summed E-state index contributed by atoms with van der Waals surface area (Å²) in [5.41, 5.74) is 8.68. The minimum absolute atomic E-state index is 0. The van der Waals surface area contributed by atoms with Gasteiger partial charge in [-0.15, -0.1) is 0 Å². The second-order valence-electron chi connectivity index (χ2n) is 6.32. The van der Waals surface area contributed by atoms with Crippen molar-refractivity contribution in [2.24, 2.45) is 22.8 Å². The van der Waals surface area contributed by atoms with Gasteiger partial charge in [0.2, 0.25) is 0 Å². The molecule has 28 heavy (non-hydrogen) atoms. The van der Waals surface area contributed by atoms with Gasteiger partial charge < -0.3 is 41.3 Å². The van der Waals surface area contributed by atoms with Crippen LogP contribution in [-0.2, 0) is 35.2 Å². The Kier molecular flexibility index (Phi) is 18.9. The van der Waals surface area contributed by atoms with E-state index in [1.807, 2.05) is 6.92 Å². The van der Waals surface area contributed by atoms with Crippen LogP contribution in [0.5, 0.6) is 0 Å². The standard InChI is InChI=1S/C11H19NO4.C4H12N2.H3O4P.Pt/c1-3-12-6-4-8(5-7-12)11(2,9(13)14)10(15)16;5-3-1-2-4-6;1-5(2,3)4;/h8H,3-7H2,1-2H3,(H,13,14)(H,15,16);1-6H2;(H3,1,2,3,4);/q;;;+2. The van der Waals surface area contributed by atoms with E-state index in [0.29, 0.717) is 12.8 Å². The van der Waals surface area contributed by atoms with E-state index in [9.17, 15) is 9.59 Å². The summed E-state index contributed by atoms with van der Waals surface area (Å²) in [4.78, 5) is 46.0. The SMILES string of the molecule is CCN1CCC(C(C)(C(=O)O)C(=O)O)CC1.NCCCCN.O=P(O)(O)O.[Pt+2]. The average Bonchev–Trinajstić information content (AvgIpc) is 2.58. The van der Waals surface area contributed by atoms with Gasteiger partial charge in [0, 0.05) is 0 Å². The fraction of sp³-hybridized carbons (Fsp3) is 0.867. The number of carboxylic acid groups (broad SMARTS) is 2. The molecule has 0 unspecified atom stereocenters. The number of unbranched alkanes of at least 4 members (excludes halogenated alkanes) is 1. The zero-order valence-electron chi connectivity index (χ0n) is 16.3. The summed E-state index contributed by atoms with van der Waals surface area (Å²) < 4.78 is 8.88. The van der Waals surface area contributed by atoms with E-state index < -0.39 is 25.2 Å². The molecule has 0 spiro atoms. The molecule has 0 saturated carbocycles. The van der Waals surface area contributed by atoms with E-state index in [1.165, 1.54) is 6.92 Å². The predicted octanol–water partition coefficient (Wildman–Crippen LogP) is -0.353. The molecule has 1 heterocycles. The molecule has 1 aliphatic heterocycles. The minimum atomic E-state index is -4.64. The third kappa shape index (κ3) is 14.6. The van der Waals surface area contributed by atoms with Gasteiger partial charge in [-0.1, -0.05) is 6.92 Å². The molecule has 1 aliphatic rings. The maximum absolute atomic E-state index is 11.1. The van der Waals surface area contributed by atoms with Gasteiger partial charge in [0.05, 0.1) is 0 Å². The molecule has 13 heteroatoms. The summed E-state index contributed by atoms with van der Waals surface area (Å²) in [5.74, 6) is -2.73. The van der Waals surface area contributed by atoms with Gasteiger partial charge in [0.1, 0.15) is 0 Å². The van der Waals surface area contributed by atoms with Crippen molar-refractivity contribution in [2.75, 3.05) is 32.7 Å². The molecule has 0 aromatic carbocycles. The maximum atomic E-state index is 11.1. The number of nitrogens with two attached hydrogens (primary N) is 2. The largest absolute Gasteiger partial charge is 2.00 e. The smallest absolute Gasteiger partial charge is 0.480 e. The molecular weight excluding hydrogens is 576 g/mol. The summed E-state index contributed by atoms with van der Waals surface area (Å²) in [6, 6.07) is 0. The first-order valence-corrected chi connectivity index (χ1v) is 10.3. The van der Waals surface area contributed by atoms with Crippen LogP contribution < -0.4 is 11.5 Å². The van der Waals surface area contributed by atoms with E-state index in [2.05, 4.69) is 4.90 Å². The van der Waals surface area contributed by atoms with Gasteiger partial charge in [0.25, 0.3) is 0 Å². The van der Waals surface area contributed by atoms with E-state index in [4.69, 9.17) is 40.9 Å². The molecule has 1 saturated heterocycles. The maximum Gasteiger partial charge on any atom is 2.00 e. The Balaban J connectivity index is -0.000000434. The monoisotopic (exact) mass is 610 g/mol. The number of hydrogen-bond donors (Lipinski definition) is 7. The van der Waals surface area contributed by atoms with Gasteiger partial charge in [0.15, 0.2) is 5.41 Å². The van der Waals surface area contributed by atoms with Crippen LogP contribution in [0.15, 0.2) is 0 Å². The summed E-state index contributed by atoms with van der Waals surface area (Å²) in [6.45, 7) is 7.43. The van der Waals surface area contributed by atoms with Crippen molar-refractivity contribution in [2.45, 2.75) is 39.5 Å². The Bertz CT molecular complexity index is 458. The minimum Gasteiger partial charge on any atom is -0.480 e. The number of carbonyl (C=O) groups is 2. The zero-order valence-corrected chi connectivity index (χ0v) is 19.4. The molecule has 0 atom stereocenters. The Morgan fingerprint density at radius 3 is 1.57 bits per heavy atom. The third-order valence-electron chi connectivity index (χ3n) is 4.40. The number of likely N-dealkylation sites (tertiary alicyclic amines) is 1. The Morgan fingerprint density at radius 1 is 1.04 bits per heavy atom. The van der Waals surface area contributed by atoms with E-state index in [1.54, 1.807) is 0 Å². The van der Waals surface area contributed by atoms with Crippen molar-refractivity contribution >= 4 is 19.8 Å². The molecule has 0 aromatic rings. The van der Waals surface area contributed by atoms with Crippen LogP contribution in [0.25, 0.3) is 0 Å². The van der Waals surface area contributed by atoms with Crippen LogP contribution in [0.1, 0.15) is 39.5 Å². The number of rotatable bonds is 7. The van der Waals surface area contributed by atoms with Crippen LogP contribution in [-0.4, -0.2) is 74.5 Å². The van der Waals surface area contributed by atoms with Gasteiger partial charge in [-0.05, 0) is 71.2 Å². The third-order valence-corrected chi connectivity index (χ3v) is 4.40. The summed E-state index contributed by atoms with van der Waals surface area (Å²) in [6.07, 6.45) is 3.42.